The molecule has 0 amide bonds. The summed E-state index contributed by atoms with van der Waals surface area (Å²) in [6, 6.07) is 8.36. The van der Waals surface area contributed by atoms with E-state index in [1.54, 1.807) is 11.3 Å². The van der Waals surface area contributed by atoms with Crippen LogP contribution in [0.4, 0.5) is 0 Å². The van der Waals surface area contributed by atoms with E-state index in [9.17, 15) is 0 Å². The van der Waals surface area contributed by atoms with Crippen LogP contribution in [0.3, 0.4) is 0 Å². The molecule has 1 aromatic heterocycles. The van der Waals surface area contributed by atoms with Crippen LogP contribution in [0.2, 0.25) is 0 Å². The summed E-state index contributed by atoms with van der Waals surface area (Å²) in [6.07, 6.45) is 0. The molecule has 2 aromatic carbocycles. The second kappa shape index (κ2) is 7.71. The molecule has 130 valence electrons. The van der Waals surface area contributed by atoms with Gasteiger partial charge in [-0.1, -0.05) is 44.0 Å². The van der Waals surface area contributed by atoms with E-state index in [0.717, 1.165) is 20.1 Å². The number of halogens is 2. The molecule has 0 atom stereocenters. The standard InChI is InChI=1S/C16H14Br2N4S3/c17-11-3-1-7-8-2-4-12(18)10(6-22-16(20)24)14(8)25-13(7)9(11)5-21-15(19)23/h1-4H,5-6H2,(H3,19,21,23)(H3,20,22,24). The van der Waals surface area contributed by atoms with Gasteiger partial charge in [0, 0.05) is 53.3 Å². The van der Waals surface area contributed by atoms with Gasteiger partial charge in [0.15, 0.2) is 10.2 Å². The van der Waals surface area contributed by atoms with E-state index in [1.807, 2.05) is 0 Å². The minimum absolute atomic E-state index is 0.286. The largest absolute Gasteiger partial charge is 0.376 e. The summed E-state index contributed by atoms with van der Waals surface area (Å²) < 4.78 is 4.44. The lowest BCUT2D eigenvalue weighted by molar-refractivity contribution is 0.925. The minimum atomic E-state index is 0.286. The van der Waals surface area contributed by atoms with Crippen molar-refractivity contribution in [1.82, 2.24) is 10.6 Å². The predicted molar refractivity (Wildman–Crippen MR) is 122 cm³/mol. The van der Waals surface area contributed by atoms with Crippen LogP contribution in [-0.2, 0) is 13.1 Å². The van der Waals surface area contributed by atoms with E-state index >= 15 is 0 Å². The van der Waals surface area contributed by atoms with E-state index in [0.29, 0.717) is 13.1 Å². The molecule has 0 fully saturated rings. The Kier molecular flexibility index (Phi) is 5.79. The second-order valence-electron chi connectivity index (χ2n) is 5.34. The van der Waals surface area contributed by atoms with Crippen molar-refractivity contribution < 1.29 is 0 Å². The van der Waals surface area contributed by atoms with Gasteiger partial charge in [-0.25, -0.2) is 0 Å². The molecule has 0 aliphatic rings. The van der Waals surface area contributed by atoms with E-state index in [1.165, 1.54) is 20.2 Å². The van der Waals surface area contributed by atoms with Crippen LogP contribution in [-0.4, -0.2) is 10.2 Å². The van der Waals surface area contributed by atoms with Gasteiger partial charge in [-0.3, -0.25) is 0 Å². The molecule has 0 unspecified atom stereocenters. The van der Waals surface area contributed by atoms with Crippen molar-refractivity contribution in [2.75, 3.05) is 0 Å². The first-order valence-electron chi connectivity index (χ1n) is 7.26. The number of rotatable bonds is 4. The van der Waals surface area contributed by atoms with Gasteiger partial charge in [0.2, 0.25) is 0 Å². The molecule has 9 heteroatoms. The quantitative estimate of drug-likeness (QED) is 0.388. The highest BCUT2D eigenvalue weighted by Gasteiger charge is 2.16. The molecule has 0 spiro atoms. The van der Waals surface area contributed by atoms with E-state index in [4.69, 9.17) is 35.9 Å². The molecular formula is C16H14Br2N4S3. The number of thiocarbonyl (C=S) groups is 2. The lowest BCUT2D eigenvalue weighted by Crippen LogP contribution is -2.28. The molecule has 0 saturated heterocycles. The van der Waals surface area contributed by atoms with Gasteiger partial charge in [0.1, 0.15) is 0 Å². The molecule has 0 saturated carbocycles. The van der Waals surface area contributed by atoms with E-state index < -0.39 is 0 Å². The van der Waals surface area contributed by atoms with Crippen molar-refractivity contribution >= 4 is 98.0 Å². The fraction of sp³-hybridized carbons (Fsp3) is 0.125. The summed E-state index contributed by atoms with van der Waals surface area (Å²) in [6.45, 7) is 1.14. The third-order valence-corrected chi connectivity index (χ3v) is 6.90. The molecule has 0 aliphatic carbocycles. The maximum atomic E-state index is 5.59. The molecule has 0 bridgehead atoms. The highest BCUT2D eigenvalue weighted by atomic mass is 79.9. The fourth-order valence-electron chi connectivity index (χ4n) is 2.65. The highest BCUT2D eigenvalue weighted by Crippen LogP contribution is 2.41. The number of nitrogens with one attached hydrogen (secondary N) is 2. The van der Waals surface area contributed by atoms with E-state index in [2.05, 4.69) is 66.8 Å². The lowest BCUT2D eigenvalue weighted by atomic mass is 10.1. The van der Waals surface area contributed by atoms with Gasteiger partial charge in [0.25, 0.3) is 0 Å². The number of hydrogen-bond donors (Lipinski definition) is 4. The second-order valence-corrected chi connectivity index (χ2v) is 8.95. The summed E-state index contributed by atoms with van der Waals surface area (Å²) in [4.78, 5) is 0. The molecule has 6 N–H and O–H groups in total. The van der Waals surface area contributed by atoms with Crippen LogP contribution >= 0.6 is 67.6 Å². The van der Waals surface area contributed by atoms with Gasteiger partial charge in [-0.05, 0) is 36.6 Å². The predicted octanol–water partition coefficient (Wildman–Crippen LogP) is 4.25. The summed E-state index contributed by atoms with van der Waals surface area (Å²) in [5.41, 5.74) is 13.5. The number of fused-ring (bicyclic) bond motifs is 3. The van der Waals surface area contributed by atoms with Gasteiger partial charge in [-0.15, -0.1) is 11.3 Å². The first kappa shape index (κ1) is 18.8. The monoisotopic (exact) mass is 516 g/mol. The van der Waals surface area contributed by atoms with Crippen molar-refractivity contribution in [3.8, 4) is 0 Å². The maximum absolute atomic E-state index is 5.59. The van der Waals surface area contributed by atoms with Crippen molar-refractivity contribution in [2.45, 2.75) is 13.1 Å². The van der Waals surface area contributed by atoms with Gasteiger partial charge >= 0.3 is 0 Å². The Morgan fingerprint density at radius 3 is 1.60 bits per heavy atom. The Balaban J connectivity index is 2.20. The van der Waals surface area contributed by atoms with Crippen LogP contribution < -0.4 is 22.1 Å². The topological polar surface area (TPSA) is 76.1 Å². The summed E-state index contributed by atoms with van der Waals surface area (Å²) >= 11 is 18.9. The molecule has 0 aliphatic heterocycles. The molecule has 4 nitrogen and oxygen atoms in total. The molecule has 25 heavy (non-hydrogen) atoms. The Morgan fingerprint density at radius 1 is 0.840 bits per heavy atom. The van der Waals surface area contributed by atoms with Crippen LogP contribution in [0.5, 0.6) is 0 Å². The van der Waals surface area contributed by atoms with Crippen LogP contribution in [0.15, 0.2) is 33.2 Å². The molecule has 3 rings (SSSR count). The Morgan fingerprint density at radius 2 is 1.24 bits per heavy atom. The zero-order valence-corrected chi connectivity index (χ0v) is 18.5. The summed E-state index contributed by atoms with van der Waals surface area (Å²) in [5, 5.41) is 9.05. The van der Waals surface area contributed by atoms with Crippen molar-refractivity contribution in [1.29, 1.82) is 0 Å². The van der Waals surface area contributed by atoms with Crippen molar-refractivity contribution in [3.63, 3.8) is 0 Å². The van der Waals surface area contributed by atoms with Crippen molar-refractivity contribution in [2.24, 2.45) is 11.5 Å². The normalized spacial score (nSPS) is 11.0. The van der Waals surface area contributed by atoms with Crippen molar-refractivity contribution in [3.05, 3.63) is 44.3 Å². The fourth-order valence-corrected chi connectivity index (χ4v) is 5.39. The van der Waals surface area contributed by atoms with Crippen LogP contribution in [0.25, 0.3) is 20.2 Å². The number of thiophene rings is 1. The van der Waals surface area contributed by atoms with Gasteiger partial charge in [0.05, 0.1) is 0 Å². The van der Waals surface area contributed by atoms with Gasteiger partial charge in [-0.2, -0.15) is 0 Å². The average molecular weight is 518 g/mol. The van der Waals surface area contributed by atoms with Crippen LogP contribution in [0.1, 0.15) is 11.1 Å². The Hall–Kier alpha value is -1.00. The molecule has 3 aromatic rings. The molecule has 1 heterocycles. The first-order chi connectivity index (χ1) is 11.9. The lowest BCUT2D eigenvalue weighted by Gasteiger charge is -2.08. The Bertz CT molecular complexity index is 922. The summed E-state index contributed by atoms with van der Waals surface area (Å²) in [7, 11) is 0. The zero-order valence-electron chi connectivity index (χ0n) is 12.9. The molecular weight excluding hydrogens is 504 g/mol. The SMILES string of the molecule is NC(=S)NCc1c(Br)ccc2c1sc1c(CNC(N)=S)c(Br)ccc12. The van der Waals surface area contributed by atoms with Gasteiger partial charge < -0.3 is 22.1 Å². The van der Waals surface area contributed by atoms with E-state index in [-0.39, 0.29) is 10.2 Å². The first-order valence-corrected chi connectivity index (χ1v) is 10.5. The smallest absolute Gasteiger partial charge is 0.163 e. The number of benzene rings is 2. The maximum Gasteiger partial charge on any atom is 0.163 e. The third-order valence-electron chi connectivity index (χ3n) is 3.78. The number of hydrogen-bond acceptors (Lipinski definition) is 3. The zero-order chi connectivity index (χ0) is 18.1. The highest BCUT2D eigenvalue weighted by molar-refractivity contribution is 9.10. The Labute approximate surface area is 176 Å². The minimum Gasteiger partial charge on any atom is -0.376 e. The third kappa shape index (κ3) is 3.90. The summed E-state index contributed by atoms with van der Waals surface area (Å²) in [5.74, 6) is 0. The number of nitrogens with two attached hydrogens (primary N) is 2. The molecule has 0 radical (unpaired) electrons. The van der Waals surface area contributed by atoms with Crippen LogP contribution in [0, 0.1) is 0 Å². The average Bonchev–Trinajstić information content (AvgIpc) is 2.91.